The van der Waals surface area contributed by atoms with E-state index in [1.54, 1.807) is 11.3 Å². The van der Waals surface area contributed by atoms with Crippen molar-refractivity contribution < 1.29 is 4.79 Å². The van der Waals surface area contributed by atoms with E-state index < -0.39 is 0 Å². The molecule has 0 fully saturated rings. The van der Waals surface area contributed by atoms with Gasteiger partial charge in [-0.15, -0.1) is 11.3 Å². The normalized spacial score (nSPS) is 15.4. The molecule has 3 nitrogen and oxygen atoms in total. The Morgan fingerprint density at radius 3 is 2.75 bits per heavy atom. The maximum atomic E-state index is 12.6. The van der Waals surface area contributed by atoms with Gasteiger partial charge in [-0.25, -0.2) is 0 Å². The van der Waals surface area contributed by atoms with E-state index in [1.165, 1.54) is 16.0 Å². The van der Waals surface area contributed by atoms with E-state index in [4.69, 9.17) is 11.6 Å². The van der Waals surface area contributed by atoms with E-state index in [0.29, 0.717) is 12.5 Å². The molecular formula is C19H23ClN2OS. The lowest BCUT2D eigenvalue weighted by Gasteiger charge is -2.29. The average molecular weight is 363 g/mol. The molecule has 0 radical (unpaired) electrons. The van der Waals surface area contributed by atoms with Crippen molar-refractivity contribution in [2.45, 2.75) is 32.9 Å². The topological polar surface area (TPSA) is 32.3 Å². The predicted molar refractivity (Wildman–Crippen MR) is 100 cm³/mol. The highest BCUT2D eigenvalue weighted by Gasteiger charge is 2.23. The summed E-state index contributed by atoms with van der Waals surface area (Å²) in [5, 5.41) is 6.29. The highest BCUT2D eigenvalue weighted by atomic mass is 35.5. The number of nitrogens with zero attached hydrogens (tertiary/aromatic N) is 1. The minimum Gasteiger partial charge on any atom is -0.337 e. The molecule has 0 bridgehead atoms. The zero-order valence-electron chi connectivity index (χ0n) is 14.1. The Balaban J connectivity index is 1.60. The first kappa shape index (κ1) is 17.5. The van der Waals surface area contributed by atoms with Crippen molar-refractivity contribution >= 4 is 28.8 Å². The standard InChI is InChI=1S/C19H23ClN2OS/c1-13(2)19(14-3-5-16(20)6-4-14)21-11-18(23)22-9-7-17-15(12-22)8-10-24-17/h3-6,8,10,13,19,21H,7,9,11-12H2,1-2H3. The molecule has 24 heavy (non-hydrogen) atoms. The fourth-order valence-electron chi connectivity index (χ4n) is 3.18. The monoisotopic (exact) mass is 362 g/mol. The molecule has 1 aliphatic heterocycles. The fourth-order valence-corrected chi connectivity index (χ4v) is 4.19. The minimum absolute atomic E-state index is 0.146. The number of halogens is 1. The van der Waals surface area contributed by atoms with Gasteiger partial charge in [0, 0.05) is 29.0 Å². The summed E-state index contributed by atoms with van der Waals surface area (Å²) in [6, 6.07) is 10.1. The maximum absolute atomic E-state index is 12.6. The number of carbonyl (C=O) groups is 1. The van der Waals surface area contributed by atoms with Crippen molar-refractivity contribution in [1.29, 1.82) is 0 Å². The smallest absolute Gasteiger partial charge is 0.236 e. The van der Waals surface area contributed by atoms with Crippen LogP contribution in [0.3, 0.4) is 0 Å². The molecule has 128 valence electrons. The van der Waals surface area contributed by atoms with Gasteiger partial charge in [-0.05, 0) is 47.0 Å². The second-order valence-electron chi connectivity index (χ2n) is 6.59. The van der Waals surface area contributed by atoms with Gasteiger partial charge in [-0.1, -0.05) is 37.6 Å². The third-order valence-corrected chi connectivity index (χ3v) is 5.80. The lowest BCUT2D eigenvalue weighted by atomic mass is 9.96. The Kier molecular flexibility index (Phi) is 5.59. The van der Waals surface area contributed by atoms with Gasteiger partial charge in [0.05, 0.1) is 6.54 Å². The molecule has 1 aromatic carbocycles. The molecule has 1 amide bonds. The van der Waals surface area contributed by atoms with Crippen LogP contribution in [0.1, 0.15) is 35.9 Å². The summed E-state index contributed by atoms with van der Waals surface area (Å²) in [4.78, 5) is 16.0. The SMILES string of the molecule is CC(C)C(NCC(=O)N1CCc2sccc2C1)c1ccc(Cl)cc1. The van der Waals surface area contributed by atoms with Crippen LogP contribution in [0.5, 0.6) is 0 Å². The van der Waals surface area contributed by atoms with Gasteiger partial charge >= 0.3 is 0 Å². The highest BCUT2D eigenvalue weighted by Crippen LogP contribution is 2.25. The largest absolute Gasteiger partial charge is 0.337 e. The van der Waals surface area contributed by atoms with Gasteiger partial charge in [0.15, 0.2) is 0 Å². The Bertz CT molecular complexity index is 696. The number of hydrogen-bond acceptors (Lipinski definition) is 3. The molecule has 2 heterocycles. The molecule has 2 aromatic rings. The molecule has 1 aliphatic rings. The lowest BCUT2D eigenvalue weighted by molar-refractivity contribution is -0.131. The van der Waals surface area contributed by atoms with E-state index in [9.17, 15) is 4.79 Å². The number of benzene rings is 1. The van der Waals surface area contributed by atoms with Crippen molar-refractivity contribution in [2.75, 3.05) is 13.1 Å². The first-order chi connectivity index (χ1) is 11.5. The van der Waals surface area contributed by atoms with Crippen LogP contribution in [0.2, 0.25) is 5.02 Å². The fraction of sp³-hybridized carbons (Fsp3) is 0.421. The second kappa shape index (κ2) is 7.68. The first-order valence-corrected chi connectivity index (χ1v) is 9.62. The number of thiophene rings is 1. The molecule has 1 atom stereocenters. The van der Waals surface area contributed by atoms with Crippen molar-refractivity contribution in [3.05, 3.63) is 56.7 Å². The summed E-state index contributed by atoms with van der Waals surface area (Å²) in [6.07, 6.45) is 0.976. The number of rotatable bonds is 5. The predicted octanol–water partition coefficient (Wildman–Crippen LogP) is 4.27. The molecule has 1 unspecified atom stereocenters. The van der Waals surface area contributed by atoms with Gasteiger partial charge in [-0.2, -0.15) is 0 Å². The van der Waals surface area contributed by atoms with Crippen LogP contribution < -0.4 is 5.32 Å². The van der Waals surface area contributed by atoms with Gasteiger partial charge in [0.2, 0.25) is 5.91 Å². The molecule has 1 N–H and O–H groups in total. The summed E-state index contributed by atoms with van der Waals surface area (Å²) in [6.45, 7) is 6.25. The number of hydrogen-bond donors (Lipinski definition) is 1. The van der Waals surface area contributed by atoms with Gasteiger partial charge in [0.1, 0.15) is 0 Å². The number of fused-ring (bicyclic) bond motifs is 1. The van der Waals surface area contributed by atoms with Crippen molar-refractivity contribution in [1.82, 2.24) is 10.2 Å². The molecule has 3 rings (SSSR count). The summed E-state index contributed by atoms with van der Waals surface area (Å²) in [7, 11) is 0. The van der Waals surface area contributed by atoms with Gasteiger partial charge in [-0.3, -0.25) is 4.79 Å². The quantitative estimate of drug-likeness (QED) is 0.861. The molecular weight excluding hydrogens is 340 g/mol. The summed E-state index contributed by atoms with van der Waals surface area (Å²) >= 11 is 7.77. The third kappa shape index (κ3) is 4.00. The van der Waals surface area contributed by atoms with Gasteiger partial charge < -0.3 is 10.2 Å². The third-order valence-electron chi connectivity index (χ3n) is 4.53. The van der Waals surface area contributed by atoms with Crippen molar-refractivity contribution in [3.63, 3.8) is 0 Å². The number of carbonyl (C=O) groups excluding carboxylic acids is 1. The molecule has 1 aromatic heterocycles. The van der Waals surface area contributed by atoms with Crippen LogP contribution in [0.25, 0.3) is 0 Å². The summed E-state index contributed by atoms with van der Waals surface area (Å²) in [5.74, 6) is 0.565. The van der Waals surface area contributed by atoms with E-state index in [-0.39, 0.29) is 11.9 Å². The number of nitrogens with one attached hydrogen (secondary N) is 1. The van der Waals surface area contributed by atoms with Crippen LogP contribution in [-0.4, -0.2) is 23.9 Å². The van der Waals surface area contributed by atoms with Crippen LogP contribution in [-0.2, 0) is 17.8 Å². The molecule has 0 saturated heterocycles. The molecule has 0 saturated carbocycles. The maximum Gasteiger partial charge on any atom is 0.236 e. The minimum atomic E-state index is 0.146. The lowest BCUT2D eigenvalue weighted by Crippen LogP contribution is -2.42. The summed E-state index contributed by atoms with van der Waals surface area (Å²) < 4.78 is 0. The van der Waals surface area contributed by atoms with Crippen LogP contribution in [0.4, 0.5) is 0 Å². The van der Waals surface area contributed by atoms with E-state index in [1.807, 2.05) is 29.2 Å². The Hall–Kier alpha value is -1.36. The van der Waals surface area contributed by atoms with E-state index >= 15 is 0 Å². The van der Waals surface area contributed by atoms with Crippen molar-refractivity contribution in [3.8, 4) is 0 Å². The van der Waals surface area contributed by atoms with E-state index in [2.05, 4.69) is 30.6 Å². The van der Waals surface area contributed by atoms with Gasteiger partial charge in [0.25, 0.3) is 0 Å². The van der Waals surface area contributed by atoms with E-state index in [0.717, 1.165) is 24.5 Å². The Labute approximate surface area is 152 Å². The second-order valence-corrected chi connectivity index (χ2v) is 8.03. The highest BCUT2D eigenvalue weighted by molar-refractivity contribution is 7.10. The van der Waals surface area contributed by atoms with Crippen LogP contribution in [0.15, 0.2) is 35.7 Å². The molecule has 0 aliphatic carbocycles. The molecule has 0 spiro atoms. The summed E-state index contributed by atoms with van der Waals surface area (Å²) in [5.41, 5.74) is 2.47. The Morgan fingerprint density at radius 1 is 1.29 bits per heavy atom. The number of amides is 1. The zero-order valence-corrected chi connectivity index (χ0v) is 15.7. The van der Waals surface area contributed by atoms with Crippen LogP contribution >= 0.6 is 22.9 Å². The van der Waals surface area contributed by atoms with Crippen molar-refractivity contribution in [2.24, 2.45) is 5.92 Å². The average Bonchev–Trinajstić information content (AvgIpc) is 3.03. The Morgan fingerprint density at radius 2 is 2.04 bits per heavy atom. The molecule has 5 heteroatoms. The van der Waals surface area contributed by atoms with Crippen LogP contribution in [0, 0.1) is 5.92 Å². The zero-order chi connectivity index (χ0) is 17.1. The first-order valence-electron chi connectivity index (χ1n) is 8.36.